The van der Waals surface area contributed by atoms with Crippen LogP contribution in [-0.4, -0.2) is 58.8 Å². The van der Waals surface area contributed by atoms with Gasteiger partial charge in [0.1, 0.15) is 17.0 Å². The molecule has 8 heteroatoms. The van der Waals surface area contributed by atoms with Crippen molar-refractivity contribution in [1.29, 1.82) is 0 Å². The Kier molecular flexibility index (Phi) is 5.90. The van der Waals surface area contributed by atoms with Crippen LogP contribution >= 0.6 is 0 Å². The average molecular weight is 422 g/mol. The second kappa shape index (κ2) is 8.77. The smallest absolute Gasteiger partial charge is 0.275 e. The van der Waals surface area contributed by atoms with E-state index in [0.717, 1.165) is 16.6 Å². The SMILES string of the molecule is CC=CCn1cc(-c2ncc(C(=O)N3CCOCC3)cc2OC)c2cc(C)[nH]c2c1=O. The number of fused-ring (bicyclic) bond motifs is 1. The van der Waals surface area contributed by atoms with E-state index in [0.29, 0.717) is 55.4 Å². The number of morpholine rings is 1. The van der Waals surface area contributed by atoms with Crippen LogP contribution in [0.5, 0.6) is 5.75 Å². The number of pyridine rings is 2. The number of carbonyl (C=O) groups is 1. The summed E-state index contributed by atoms with van der Waals surface area (Å²) >= 11 is 0. The fourth-order valence-corrected chi connectivity index (χ4v) is 3.81. The quantitative estimate of drug-likeness (QED) is 0.639. The highest BCUT2D eigenvalue weighted by atomic mass is 16.5. The summed E-state index contributed by atoms with van der Waals surface area (Å²) in [6, 6.07) is 3.65. The number of aryl methyl sites for hydroxylation is 1. The minimum Gasteiger partial charge on any atom is -0.494 e. The van der Waals surface area contributed by atoms with Gasteiger partial charge in [0.05, 0.1) is 25.9 Å². The fourth-order valence-electron chi connectivity index (χ4n) is 3.81. The number of hydrogen-bond acceptors (Lipinski definition) is 5. The molecule has 0 saturated carbocycles. The lowest BCUT2D eigenvalue weighted by Crippen LogP contribution is -2.40. The van der Waals surface area contributed by atoms with E-state index in [1.807, 2.05) is 32.1 Å². The summed E-state index contributed by atoms with van der Waals surface area (Å²) in [5.74, 6) is 0.386. The number of nitrogens with one attached hydrogen (secondary N) is 1. The zero-order chi connectivity index (χ0) is 22.0. The highest BCUT2D eigenvalue weighted by molar-refractivity contribution is 5.98. The standard InChI is InChI=1S/C23H26N4O4/c1-4-5-6-27-14-18(17-11-15(2)25-21(17)23(27)29)20-19(30-3)12-16(13-24-20)22(28)26-7-9-31-10-8-26/h4-5,11-14,25H,6-10H2,1-3H3. The Morgan fingerprint density at radius 1 is 1.32 bits per heavy atom. The van der Waals surface area contributed by atoms with Gasteiger partial charge in [-0.1, -0.05) is 12.2 Å². The molecule has 0 spiro atoms. The van der Waals surface area contributed by atoms with E-state index in [1.165, 1.54) is 0 Å². The minimum atomic E-state index is -0.0960. The Hall–Kier alpha value is -3.39. The summed E-state index contributed by atoms with van der Waals surface area (Å²) in [4.78, 5) is 35.3. The van der Waals surface area contributed by atoms with Gasteiger partial charge < -0.3 is 23.9 Å². The molecular weight excluding hydrogens is 396 g/mol. The lowest BCUT2D eigenvalue weighted by Gasteiger charge is -2.27. The third kappa shape index (κ3) is 3.98. The van der Waals surface area contributed by atoms with Gasteiger partial charge in [0, 0.05) is 48.7 Å². The van der Waals surface area contributed by atoms with Gasteiger partial charge in [0.2, 0.25) is 0 Å². The van der Waals surface area contributed by atoms with Gasteiger partial charge in [-0.2, -0.15) is 0 Å². The first-order valence-corrected chi connectivity index (χ1v) is 10.3. The van der Waals surface area contributed by atoms with Gasteiger partial charge in [0.15, 0.2) is 0 Å². The first-order chi connectivity index (χ1) is 15.0. The molecule has 4 rings (SSSR count). The number of aromatic amines is 1. The molecule has 3 aromatic rings. The van der Waals surface area contributed by atoms with Crippen molar-refractivity contribution in [1.82, 2.24) is 19.4 Å². The largest absolute Gasteiger partial charge is 0.494 e. The first kappa shape index (κ1) is 20.9. The molecule has 3 aromatic heterocycles. The summed E-state index contributed by atoms with van der Waals surface area (Å²) in [5, 5.41) is 0.775. The van der Waals surface area contributed by atoms with Crippen molar-refractivity contribution in [3.05, 3.63) is 58.3 Å². The van der Waals surface area contributed by atoms with E-state index in [4.69, 9.17) is 9.47 Å². The Morgan fingerprint density at radius 2 is 2.10 bits per heavy atom. The lowest BCUT2D eigenvalue weighted by molar-refractivity contribution is 0.0302. The average Bonchev–Trinajstić information content (AvgIpc) is 3.20. The van der Waals surface area contributed by atoms with Gasteiger partial charge in [-0.25, -0.2) is 0 Å². The number of rotatable bonds is 5. The van der Waals surface area contributed by atoms with Gasteiger partial charge in [-0.15, -0.1) is 0 Å². The van der Waals surface area contributed by atoms with Crippen LogP contribution in [0.25, 0.3) is 22.2 Å². The number of amides is 1. The van der Waals surface area contributed by atoms with Crippen LogP contribution in [0.4, 0.5) is 0 Å². The van der Waals surface area contributed by atoms with Crippen molar-refractivity contribution in [2.45, 2.75) is 20.4 Å². The second-order valence-corrected chi connectivity index (χ2v) is 7.49. The molecule has 162 valence electrons. The molecule has 0 atom stereocenters. The summed E-state index contributed by atoms with van der Waals surface area (Å²) in [6.45, 7) is 6.46. The van der Waals surface area contributed by atoms with Crippen LogP contribution in [0.1, 0.15) is 23.0 Å². The highest BCUT2D eigenvalue weighted by Crippen LogP contribution is 2.33. The third-order valence-electron chi connectivity index (χ3n) is 5.41. The number of aromatic nitrogens is 3. The maximum absolute atomic E-state index is 12.9. The molecule has 31 heavy (non-hydrogen) atoms. The van der Waals surface area contributed by atoms with Crippen molar-refractivity contribution in [2.24, 2.45) is 0 Å². The highest BCUT2D eigenvalue weighted by Gasteiger charge is 2.22. The van der Waals surface area contributed by atoms with Gasteiger partial charge in [0.25, 0.3) is 11.5 Å². The van der Waals surface area contributed by atoms with Crippen LogP contribution in [0, 0.1) is 6.92 Å². The monoisotopic (exact) mass is 422 g/mol. The zero-order valence-electron chi connectivity index (χ0n) is 18.0. The van der Waals surface area contributed by atoms with Crippen LogP contribution in [0.3, 0.4) is 0 Å². The van der Waals surface area contributed by atoms with Crippen LogP contribution < -0.4 is 10.3 Å². The Balaban J connectivity index is 1.82. The van der Waals surface area contributed by atoms with Crippen LogP contribution in [0.2, 0.25) is 0 Å². The number of carbonyl (C=O) groups excluding carboxylic acids is 1. The van der Waals surface area contributed by atoms with Crippen LogP contribution in [-0.2, 0) is 11.3 Å². The van der Waals surface area contributed by atoms with E-state index in [2.05, 4.69) is 9.97 Å². The molecular formula is C23H26N4O4. The maximum Gasteiger partial charge on any atom is 0.275 e. The first-order valence-electron chi connectivity index (χ1n) is 10.3. The van der Waals surface area contributed by atoms with E-state index in [1.54, 1.807) is 35.0 Å². The molecule has 1 fully saturated rings. The third-order valence-corrected chi connectivity index (χ3v) is 5.41. The predicted molar refractivity (Wildman–Crippen MR) is 119 cm³/mol. The van der Waals surface area contributed by atoms with Gasteiger partial charge in [-0.05, 0) is 26.0 Å². The molecule has 1 aliphatic heterocycles. The van der Waals surface area contributed by atoms with Gasteiger partial charge in [-0.3, -0.25) is 14.6 Å². The van der Waals surface area contributed by atoms with E-state index >= 15 is 0 Å². The predicted octanol–water partition coefficient (Wildman–Crippen LogP) is 2.76. The van der Waals surface area contributed by atoms with Crippen molar-refractivity contribution in [3.8, 4) is 17.0 Å². The summed E-state index contributed by atoms with van der Waals surface area (Å²) < 4.78 is 12.6. The molecule has 0 aromatic carbocycles. The number of ether oxygens (including phenoxy) is 2. The summed E-state index contributed by atoms with van der Waals surface area (Å²) in [6.07, 6.45) is 7.19. The number of allylic oxidation sites excluding steroid dienone is 2. The lowest BCUT2D eigenvalue weighted by atomic mass is 10.1. The number of nitrogens with zero attached hydrogens (tertiary/aromatic N) is 3. The number of methoxy groups -OCH3 is 1. The molecule has 4 heterocycles. The number of H-pyrrole nitrogens is 1. The molecule has 0 radical (unpaired) electrons. The molecule has 1 saturated heterocycles. The molecule has 0 unspecified atom stereocenters. The number of hydrogen-bond donors (Lipinski definition) is 1. The van der Waals surface area contributed by atoms with E-state index < -0.39 is 0 Å². The van der Waals surface area contributed by atoms with Crippen LogP contribution in [0.15, 0.2) is 41.5 Å². The van der Waals surface area contributed by atoms with E-state index in [9.17, 15) is 9.59 Å². The van der Waals surface area contributed by atoms with Crippen molar-refractivity contribution >= 4 is 16.8 Å². The molecule has 0 aliphatic carbocycles. The molecule has 1 amide bonds. The zero-order valence-corrected chi connectivity index (χ0v) is 18.0. The van der Waals surface area contributed by atoms with Crippen molar-refractivity contribution in [2.75, 3.05) is 33.4 Å². The maximum atomic E-state index is 12.9. The fraction of sp³-hybridized carbons (Fsp3) is 0.348. The second-order valence-electron chi connectivity index (χ2n) is 7.49. The molecule has 8 nitrogen and oxygen atoms in total. The Bertz CT molecular complexity index is 1200. The molecule has 1 aliphatic rings. The molecule has 1 N–H and O–H groups in total. The Morgan fingerprint density at radius 3 is 2.81 bits per heavy atom. The summed E-state index contributed by atoms with van der Waals surface area (Å²) in [7, 11) is 1.55. The van der Waals surface area contributed by atoms with Crippen molar-refractivity contribution < 1.29 is 14.3 Å². The minimum absolute atomic E-state index is 0.0944. The molecule has 0 bridgehead atoms. The van der Waals surface area contributed by atoms with Gasteiger partial charge >= 0.3 is 0 Å². The summed E-state index contributed by atoms with van der Waals surface area (Å²) in [5.41, 5.74) is 3.13. The topological polar surface area (TPSA) is 89.4 Å². The van der Waals surface area contributed by atoms with Crippen molar-refractivity contribution in [3.63, 3.8) is 0 Å². The normalized spacial score (nSPS) is 14.5. The van der Waals surface area contributed by atoms with E-state index in [-0.39, 0.29) is 11.5 Å². The Labute approximate surface area is 180 Å².